The predicted molar refractivity (Wildman–Crippen MR) is 190 cm³/mol. The van der Waals surface area contributed by atoms with Gasteiger partial charge in [-0.1, -0.05) is 6.58 Å². The van der Waals surface area contributed by atoms with Crippen molar-refractivity contribution in [2.75, 3.05) is 26.4 Å². The highest BCUT2D eigenvalue weighted by atomic mass is 16.5. The fourth-order valence-electron chi connectivity index (χ4n) is 4.20. The summed E-state index contributed by atoms with van der Waals surface area (Å²) in [4.78, 5) is 21.8. The highest BCUT2D eigenvalue weighted by molar-refractivity contribution is 5.81. The fourth-order valence-corrected chi connectivity index (χ4v) is 4.20. The largest absolute Gasteiger partial charge is 0.494 e. The molecule has 4 aromatic rings. The average molecular weight is 677 g/mol. The molecule has 0 amide bonds. The summed E-state index contributed by atoms with van der Waals surface area (Å²) in [7, 11) is 0. The maximum atomic E-state index is 11.0. The number of hydrogen-bond donors (Lipinski definition) is 0. The van der Waals surface area contributed by atoms with Gasteiger partial charge < -0.3 is 18.9 Å². The first-order valence-corrected chi connectivity index (χ1v) is 16.2. The van der Waals surface area contributed by atoms with Gasteiger partial charge in [-0.3, -0.25) is 4.79 Å². The van der Waals surface area contributed by atoms with E-state index in [9.17, 15) is 9.59 Å². The van der Waals surface area contributed by atoms with Crippen molar-refractivity contribution in [2.45, 2.75) is 39.5 Å². The normalized spacial score (nSPS) is 11.2. The molecular formula is C38H40N6O6. The lowest BCUT2D eigenvalue weighted by Gasteiger charge is -2.06. The van der Waals surface area contributed by atoms with Crippen LogP contribution in [0.5, 0.6) is 11.5 Å². The van der Waals surface area contributed by atoms with Crippen molar-refractivity contribution < 1.29 is 28.5 Å². The molecule has 0 aromatic heterocycles. The molecule has 0 unspecified atom stereocenters. The zero-order valence-corrected chi connectivity index (χ0v) is 28.2. The second-order valence-corrected chi connectivity index (χ2v) is 10.9. The van der Waals surface area contributed by atoms with E-state index >= 15 is 0 Å². The molecule has 0 aliphatic carbocycles. The van der Waals surface area contributed by atoms with Crippen LogP contribution in [0.25, 0.3) is 0 Å². The molecule has 12 nitrogen and oxygen atoms in total. The van der Waals surface area contributed by atoms with Crippen LogP contribution in [0, 0.1) is 6.92 Å². The summed E-state index contributed by atoms with van der Waals surface area (Å²) in [5.74, 6) is 0.787. The van der Waals surface area contributed by atoms with Crippen molar-refractivity contribution in [1.29, 1.82) is 0 Å². The Bertz CT molecular complexity index is 1770. The highest BCUT2D eigenvalue weighted by Gasteiger charge is 2.02. The molecule has 0 spiro atoms. The summed E-state index contributed by atoms with van der Waals surface area (Å²) < 4.78 is 21.3. The lowest BCUT2D eigenvalue weighted by atomic mass is 10.2. The molecule has 0 N–H and O–H groups in total. The summed E-state index contributed by atoms with van der Waals surface area (Å²) in [6.45, 7) is 8.52. The van der Waals surface area contributed by atoms with Gasteiger partial charge >= 0.3 is 11.9 Å². The number of rotatable bonds is 19. The zero-order chi connectivity index (χ0) is 35.4. The Morgan fingerprint density at radius 2 is 0.960 bits per heavy atom. The van der Waals surface area contributed by atoms with Crippen molar-refractivity contribution in [3.63, 3.8) is 0 Å². The number of ether oxygens (including phenoxy) is 4. The van der Waals surface area contributed by atoms with Gasteiger partial charge in [0, 0.05) is 13.0 Å². The van der Waals surface area contributed by atoms with Crippen LogP contribution in [0.3, 0.4) is 0 Å². The van der Waals surface area contributed by atoms with Crippen LogP contribution >= 0.6 is 0 Å². The van der Waals surface area contributed by atoms with Crippen molar-refractivity contribution in [3.05, 3.63) is 109 Å². The Morgan fingerprint density at radius 1 is 0.560 bits per heavy atom. The quantitative estimate of drug-likeness (QED) is 0.0418. The van der Waals surface area contributed by atoms with Gasteiger partial charge in [0.2, 0.25) is 0 Å². The summed E-state index contributed by atoms with van der Waals surface area (Å²) in [5, 5.41) is 26.0. The average Bonchev–Trinajstić information content (AvgIpc) is 3.13. The molecule has 0 saturated carbocycles. The molecule has 0 saturated heterocycles. The first-order chi connectivity index (χ1) is 24.4. The van der Waals surface area contributed by atoms with Crippen LogP contribution in [0.15, 0.2) is 134 Å². The second kappa shape index (κ2) is 20.4. The third-order valence-corrected chi connectivity index (χ3v) is 6.87. The van der Waals surface area contributed by atoms with Gasteiger partial charge in [0.15, 0.2) is 0 Å². The van der Waals surface area contributed by atoms with Crippen LogP contribution in [-0.4, -0.2) is 38.4 Å². The Kier molecular flexibility index (Phi) is 15.0. The third kappa shape index (κ3) is 13.6. The molecule has 258 valence electrons. The van der Waals surface area contributed by atoms with Crippen molar-refractivity contribution in [2.24, 2.45) is 30.7 Å². The van der Waals surface area contributed by atoms with Crippen LogP contribution in [0.2, 0.25) is 0 Å². The Morgan fingerprint density at radius 3 is 1.42 bits per heavy atom. The molecule has 0 radical (unpaired) electrons. The minimum Gasteiger partial charge on any atom is -0.494 e. The van der Waals surface area contributed by atoms with Gasteiger partial charge in [0.05, 0.1) is 60.6 Å². The van der Waals surface area contributed by atoms with Gasteiger partial charge in [-0.05, 0) is 129 Å². The molecule has 0 heterocycles. The maximum Gasteiger partial charge on any atom is 0.330 e. The maximum absolute atomic E-state index is 11.0. The summed E-state index contributed by atoms with van der Waals surface area (Å²) >= 11 is 0. The molecule has 0 aliphatic heterocycles. The Labute approximate surface area is 291 Å². The van der Waals surface area contributed by atoms with E-state index in [0.717, 1.165) is 48.1 Å². The molecule has 0 fully saturated rings. The number of aryl methyl sites for hydroxylation is 1. The smallest absolute Gasteiger partial charge is 0.330 e. The molecule has 50 heavy (non-hydrogen) atoms. The van der Waals surface area contributed by atoms with E-state index < -0.39 is 5.97 Å². The second-order valence-electron chi connectivity index (χ2n) is 10.9. The van der Waals surface area contributed by atoms with Gasteiger partial charge in [0.25, 0.3) is 0 Å². The minimum absolute atomic E-state index is 0.268. The van der Waals surface area contributed by atoms with Crippen molar-refractivity contribution in [1.82, 2.24) is 0 Å². The number of carbonyl (C=O) groups excluding carboxylic acids is 2. The van der Waals surface area contributed by atoms with Crippen LogP contribution in [-0.2, 0) is 19.1 Å². The van der Waals surface area contributed by atoms with Crippen LogP contribution < -0.4 is 9.47 Å². The Balaban J connectivity index is 1.19. The van der Waals surface area contributed by atoms with E-state index in [1.807, 2.05) is 97.9 Å². The van der Waals surface area contributed by atoms with Crippen LogP contribution in [0.4, 0.5) is 34.1 Å². The monoisotopic (exact) mass is 676 g/mol. The number of esters is 2. The molecular weight excluding hydrogens is 636 g/mol. The van der Waals surface area contributed by atoms with Crippen molar-refractivity contribution >= 4 is 46.1 Å². The number of unbranched alkanes of at least 4 members (excludes halogenated alkanes) is 2. The third-order valence-electron chi connectivity index (χ3n) is 6.87. The first-order valence-electron chi connectivity index (χ1n) is 16.2. The van der Waals surface area contributed by atoms with E-state index in [1.165, 1.54) is 6.92 Å². The number of azo groups is 3. The van der Waals surface area contributed by atoms with Crippen molar-refractivity contribution in [3.8, 4) is 11.5 Å². The zero-order valence-electron chi connectivity index (χ0n) is 28.2. The topological polar surface area (TPSA) is 145 Å². The predicted octanol–water partition coefficient (Wildman–Crippen LogP) is 10.9. The molecule has 4 rings (SSSR count). The van der Waals surface area contributed by atoms with E-state index in [4.69, 9.17) is 18.9 Å². The molecule has 0 atom stereocenters. The summed E-state index contributed by atoms with van der Waals surface area (Å²) in [6.07, 6.45) is 4.18. The number of hydrogen-bond acceptors (Lipinski definition) is 12. The van der Waals surface area contributed by atoms with Gasteiger partial charge in [-0.25, -0.2) is 4.79 Å². The van der Waals surface area contributed by atoms with E-state index in [1.54, 1.807) is 0 Å². The highest BCUT2D eigenvalue weighted by Crippen LogP contribution is 2.29. The van der Waals surface area contributed by atoms with E-state index in [-0.39, 0.29) is 5.97 Å². The number of nitrogens with zero attached hydrogens (tertiary/aromatic N) is 6. The molecule has 0 bridgehead atoms. The molecule has 0 aliphatic rings. The summed E-state index contributed by atoms with van der Waals surface area (Å²) in [5.41, 5.74) is 5.10. The van der Waals surface area contributed by atoms with E-state index in [2.05, 4.69) is 37.3 Å². The first kappa shape index (κ1) is 36.8. The lowest BCUT2D eigenvalue weighted by Crippen LogP contribution is -2.04. The van der Waals surface area contributed by atoms with Crippen LogP contribution in [0.1, 0.15) is 38.2 Å². The van der Waals surface area contributed by atoms with E-state index in [0.29, 0.717) is 61.3 Å². The minimum atomic E-state index is -0.415. The number of carbonyl (C=O) groups is 2. The standard InChI is InChI=1S/C38H40N6O6/c1-4-38(46)50-26-8-7-25-49-35-18-13-32(14-19-35)40-39-30-9-11-31(12-10-30)42-44-37-22-17-34(27-28(37)2)43-41-33-15-20-36(21-16-33)48-24-6-5-23-47-29(3)45/h4,9-22,27H,1,5-8,23-26H2,2-3H3. The fraction of sp³-hybridized carbons (Fsp3) is 0.263. The Hall–Kier alpha value is -6.04. The molecule has 4 aromatic carbocycles. The molecule has 12 heteroatoms. The van der Waals surface area contributed by atoms with Gasteiger partial charge in [0.1, 0.15) is 11.5 Å². The summed E-state index contributed by atoms with van der Waals surface area (Å²) in [6, 6.07) is 27.6. The van der Waals surface area contributed by atoms with Gasteiger partial charge in [-0.15, -0.1) is 0 Å². The lowest BCUT2D eigenvalue weighted by molar-refractivity contribution is -0.141. The number of benzene rings is 4. The van der Waals surface area contributed by atoms with Gasteiger partial charge in [-0.2, -0.15) is 30.7 Å². The SMILES string of the molecule is C=CC(=O)OCCCCOc1ccc(N=Nc2ccc(N=Nc3ccc(N=Nc4ccc(OCCCCOC(C)=O)cc4)cc3C)cc2)cc1.